The van der Waals surface area contributed by atoms with E-state index >= 15 is 0 Å². The number of hydrogen-bond acceptors (Lipinski definition) is 7. The van der Waals surface area contributed by atoms with E-state index in [1.165, 1.54) is 6.42 Å². The van der Waals surface area contributed by atoms with Crippen molar-refractivity contribution in [3.05, 3.63) is 92.0 Å². The molecule has 0 bridgehead atoms. The Morgan fingerprint density at radius 1 is 1.14 bits per heavy atom. The monoisotopic (exact) mass is 469 g/mol. The standard InChI is InChI=1S/C25H27N7.C3H8/c1-5-17(2)29-22-10-6-9-20(14-22)21-15-27-24(28-16-21)19(4)30-25-26-12-11-23(31-25)32-13-7-8-18(32)3;1-3-2/h5-6,9-12,14-16,19,29H,1-3,7-8,13H2,4H3,(H,26,30,31);3H2,1-2H3. The molecule has 0 amide bonds. The maximum Gasteiger partial charge on any atom is 0.225 e. The molecule has 2 aromatic heterocycles. The van der Waals surface area contributed by atoms with Crippen molar-refractivity contribution >= 4 is 17.5 Å². The van der Waals surface area contributed by atoms with E-state index < -0.39 is 0 Å². The molecule has 0 saturated carbocycles. The molecular weight excluding hydrogens is 434 g/mol. The van der Waals surface area contributed by atoms with Crippen LogP contribution < -0.4 is 15.5 Å². The molecule has 1 saturated heterocycles. The van der Waals surface area contributed by atoms with Gasteiger partial charge in [0.05, 0.1) is 6.04 Å². The van der Waals surface area contributed by atoms with Crippen LogP contribution in [0.5, 0.6) is 0 Å². The molecule has 1 aliphatic rings. The minimum atomic E-state index is -0.148. The summed E-state index contributed by atoms with van der Waals surface area (Å²) in [5.41, 5.74) is 4.72. The third-order valence-electron chi connectivity index (χ3n) is 5.30. The third-order valence-corrected chi connectivity index (χ3v) is 5.30. The largest absolute Gasteiger partial charge is 0.356 e. The van der Waals surface area contributed by atoms with E-state index in [1.54, 1.807) is 12.3 Å². The maximum absolute atomic E-state index is 4.64. The molecule has 0 aliphatic carbocycles. The highest BCUT2D eigenvalue weighted by molar-refractivity contribution is 5.67. The van der Waals surface area contributed by atoms with Gasteiger partial charge in [-0.25, -0.2) is 15.0 Å². The zero-order chi connectivity index (χ0) is 25.2. The van der Waals surface area contributed by atoms with Gasteiger partial charge in [-0.3, -0.25) is 0 Å². The van der Waals surface area contributed by atoms with Crippen molar-refractivity contribution in [3.8, 4) is 11.1 Å². The number of nitrogens with one attached hydrogen (secondary N) is 2. The average molecular weight is 470 g/mol. The van der Waals surface area contributed by atoms with E-state index in [-0.39, 0.29) is 6.04 Å². The van der Waals surface area contributed by atoms with E-state index in [4.69, 9.17) is 0 Å². The van der Waals surface area contributed by atoms with Crippen LogP contribution in [0.2, 0.25) is 0 Å². The highest BCUT2D eigenvalue weighted by atomic mass is 15.2. The second-order valence-corrected chi connectivity index (χ2v) is 8.40. The van der Waals surface area contributed by atoms with Crippen LogP contribution in [-0.4, -0.2) is 26.5 Å². The van der Waals surface area contributed by atoms with Crippen molar-refractivity contribution in [3.63, 3.8) is 0 Å². The molecule has 7 heteroatoms. The smallest absolute Gasteiger partial charge is 0.225 e. The lowest BCUT2D eigenvalue weighted by Gasteiger charge is -2.19. The van der Waals surface area contributed by atoms with Crippen LogP contribution in [0.25, 0.3) is 11.1 Å². The van der Waals surface area contributed by atoms with Crippen molar-refractivity contribution in [2.45, 2.75) is 46.1 Å². The summed E-state index contributed by atoms with van der Waals surface area (Å²) in [5.74, 6) is 2.08. The van der Waals surface area contributed by atoms with Gasteiger partial charge in [0.2, 0.25) is 5.95 Å². The minimum Gasteiger partial charge on any atom is -0.356 e. The summed E-state index contributed by atoms with van der Waals surface area (Å²) >= 11 is 0. The molecule has 0 radical (unpaired) electrons. The third kappa shape index (κ3) is 6.99. The van der Waals surface area contributed by atoms with Crippen LogP contribution in [0.3, 0.4) is 0 Å². The number of hydrogen-bond donors (Lipinski definition) is 2. The Hall–Kier alpha value is -4.00. The molecule has 3 heterocycles. The molecular formula is C28H35N7. The molecule has 1 aliphatic heterocycles. The van der Waals surface area contributed by atoms with Gasteiger partial charge in [0.1, 0.15) is 11.6 Å². The Morgan fingerprint density at radius 2 is 1.89 bits per heavy atom. The summed E-state index contributed by atoms with van der Waals surface area (Å²) in [6.07, 6.45) is 10.4. The van der Waals surface area contributed by atoms with Crippen molar-refractivity contribution in [1.82, 2.24) is 19.9 Å². The highest BCUT2D eigenvalue weighted by Crippen LogP contribution is 2.27. The van der Waals surface area contributed by atoms with Crippen LogP contribution in [0.1, 0.15) is 51.9 Å². The molecule has 35 heavy (non-hydrogen) atoms. The summed E-state index contributed by atoms with van der Waals surface area (Å²) < 4.78 is 0. The Labute approximate surface area is 208 Å². The van der Waals surface area contributed by atoms with Gasteiger partial charge >= 0.3 is 0 Å². The Bertz CT molecular complexity index is 1150. The van der Waals surface area contributed by atoms with Crippen molar-refractivity contribution in [2.75, 3.05) is 22.1 Å². The molecule has 1 atom stereocenters. The Balaban J connectivity index is 0.00000108. The molecule has 1 fully saturated rings. The lowest BCUT2D eigenvalue weighted by atomic mass is 10.1. The van der Waals surface area contributed by atoms with Crippen molar-refractivity contribution in [1.29, 1.82) is 0 Å². The first-order valence-corrected chi connectivity index (χ1v) is 12.0. The average Bonchev–Trinajstić information content (AvgIpc) is 3.30. The van der Waals surface area contributed by atoms with Gasteiger partial charge in [0.25, 0.3) is 0 Å². The van der Waals surface area contributed by atoms with E-state index in [1.807, 2.05) is 49.6 Å². The number of rotatable bonds is 8. The predicted molar refractivity (Wildman–Crippen MR) is 146 cm³/mol. The summed E-state index contributed by atoms with van der Waals surface area (Å²) in [5, 5.41) is 6.50. The first kappa shape index (κ1) is 25.6. The molecule has 7 nitrogen and oxygen atoms in total. The van der Waals surface area contributed by atoms with Crippen LogP contribution in [0.15, 0.2) is 86.1 Å². The Kier molecular flexibility index (Phi) is 9.12. The predicted octanol–water partition coefficient (Wildman–Crippen LogP) is 6.75. The summed E-state index contributed by atoms with van der Waals surface area (Å²) in [4.78, 5) is 20.3. The number of allylic oxidation sites excluding steroid dienone is 2. The normalized spacial score (nSPS) is 13.5. The van der Waals surface area contributed by atoms with Crippen molar-refractivity contribution < 1.29 is 0 Å². The van der Waals surface area contributed by atoms with Gasteiger partial charge in [-0.2, -0.15) is 4.98 Å². The summed E-state index contributed by atoms with van der Waals surface area (Å²) in [7, 11) is 0. The van der Waals surface area contributed by atoms with Gasteiger partial charge in [0, 0.05) is 47.8 Å². The molecule has 1 unspecified atom stereocenters. The van der Waals surface area contributed by atoms with Gasteiger partial charge in [-0.15, -0.1) is 0 Å². The quantitative estimate of drug-likeness (QED) is 0.353. The summed E-state index contributed by atoms with van der Waals surface area (Å²) in [6, 6.07) is 9.76. The highest BCUT2D eigenvalue weighted by Gasteiger charge is 2.19. The number of nitrogens with zero attached hydrogens (tertiary/aromatic N) is 5. The fraction of sp³-hybridized carbons (Fsp3) is 0.286. The fourth-order valence-corrected chi connectivity index (χ4v) is 3.56. The zero-order valence-electron chi connectivity index (χ0n) is 21.0. The number of aromatic nitrogens is 4. The zero-order valence-corrected chi connectivity index (χ0v) is 21.0. The second kappa shape index (κ2) is 12.5. The van der Waals surface area contributed by atoms with Gasteiger partial charge < -0.3 is 15.5 Å². The van der Waals surface area contributed by atoms with E-state index in [9.17, 15) is 0 Å². The first-order valence-electron chi connectivity index (χ1n) is 12.0. The molecule has 4 rings (SSSR count). The van der Waals surface area contributed by atoms with E-state index in [0.29, 0.717) is 11.8 Å². The Morgan fingerprint density at radius 3 is 2.54 bits per heavy atom. The molecule has 0 spiro atoms. The minimum absolute atomic E-state index is 0.148. The summed E-state index contributed by atoms with van der Waals surface area (Å²) in [6.45, 7) is 18.9. The van der Waals surface area contributed by atoms with Gasteiger partial charge in [0.15, 0.2) is 0 Å². The molecule has 182 valence electrons. The van der Waals surface area contributed by atoms with Crippen molar-refractivity contribution in [2.24, 2.45) is 0 Å². The molecule has 2 N–H and O–H groups in total. The van der Waals surface area contributed by atoms with Crippen LogP contribution in [0.4, 0.5) is 17.5 Å². The SMILES string of the molecule is C=CC(=C)Nc1cccc(-c2cnc(C(C)Nc3nccc(N4CCCC4=C)n3)nc2)c1.CCC. The van der Waals surface area contributed by atoms with Crippen LogP contribution in [-0.2, 0) is 0 Å². The fourth-order valence-electron chi connectivity index (χ4n) is 3.56. The molecule has 1 aromatic carbocycles. The van der Waals surface area contributed by atoms with Gasteiger partial charge in [-0.1, -0.05) is 52.1 Å². The van der Waals surface area contributed by atoms with Gasteiger partial charge in [-0.05, 0) is 49.6 Å². The molecule has 3 aromatic rings. The number of benzene rings is 1. The maximum atomic E-state index is 4.64. The van der Waals surface area contributed by atoms with Crippen LogP contribution in [0, 0.1) is 0 Å². The number of anilines is 3. The second-order valence-electron chi connectivity index (χ2n) is 8.40. The first-order chi connectivity index (χ1) is 16.9. The topological polar surface area (TPSA) is 78.9 Å². The van der Waals surface area contributed by atoms with Crippen LogP contribution >= 0.6 is 0 Å². The van der Waals surface area contributed by atoms with E-state index in [0.717, 1.165) is 53.4 Å². The van der Waals surface area contributed by atoms with E-state index in [2.05, 4.69) is 69.1 Å². The lowest BCUT2D eigenvalue weighted by Crippen LogP contribution is -2.18. The lowest BCUT2D eigenvalue weighted by molar-refractivity contribution is 0.776.